The molecule has 0 saturated heterocycles. The number of benzene rings is 3. The molecule has 0 bridgehead atoms. The summed E-state index contributed by atoms with van der Waals surface area (Å²) in [4.78, 5) is 16.7. The number of aryl methyl sites for hydroxylation is 1. The van der Waals surface area contributed by atoms with E-state index in [1.807, 2.05) is 67.6 Å². The van der Waals surface area contributed by atoms with E-state index >= 15 is 0 Å². The van der Waals surface area contributed by atoms with E-state index in [1.54, 1.807) is 6.08 Å². The highest BCUT2D eigenvalue weighted by Crippen LogP contribution is 2.36. The molecule has 0 amide bonds. The van der Waals surface area contributed by atoms with Gasteiger partial charge >= 0.3 is 5.97 Å². The molecule has 1 aliphatic heterocycles. The number of carbonyl (C=O) groups excluding carboxylic acids is 1. The van der Waals surface area contributed by atoms with E-state index in [4.69, 9.17) is 9.47 Å². The van der Waals surface area contributed by atoms with Gasteiger partial charge in [0, 0.05) is 14.7 Å². The molecule has 0 spiro atoms. The molecule has 0 radical (unpaired) electrons. The maximum absolute atomic E-state index is 12.3. The zero-order valence-corrected chi connectivity index (χ0v) is 21.7. The quantitative estimate of drug-likeness (QED) is 0.169. The number of hydrogen-bond acceptors (Lipinski definition) is 4. The second kappa shape index (κ2) is 9.67. The first-order valence-corrected chi connectivity index (χ1v) is 12.0. The lowest BCUT2D eigenvalue weighted by Crippen LogP contribution is -2.05. The monoisotopic (exact) mass is 651 g/mol. The fourth-order valence-corrected chi connectivity index (χ4v) is 4.95. The third-order valence-electron chi connectivity index (χ3n) is 4.57. The van der Waals surface area contributed by atoms with Crippen molar-refractivity contribution in [2.24, 2.45) is 4.99 Å². The molecule has 1 aliphatic rings. The van der Waals surface area contributed by atoms with Gasteiger partial charge in [0.2, 0.25) is 5.90 Å². The number of ether oxygens (including phenoxy) is 2. The van der Waals surface area contributed by atoms with Gasteiger partial charge in [-0.05, 0) is 103 Å². The Hall–Kier alpha value is -1.97. The molecule has 0 fully saturated rings. The van der Waals surface area contributed by atoms with Gasteiger partial charge in [-0.25, -0.2) is 9.79 Å². The van der Waals surface area contributed by atoms with E-state index in [-0.39, 0.29) is 5.70 Å². The van der Waals surface area contributed by atoms with E-state index in [1.165, 1.54) is 0 Å². The molecule has 4 nitrogen and oxygen atoms in total. The zero-order valence-electron chi connectivity index (χ0n) is 16.4. The van der Waals surface area contributed by atoms with E-state index < -0.39 is 5.97 Å². The van der Waals surface area contributed by atoms with Gasteiger partial charge in [-0.2, -0.15) is 0 Å². The Bertz CT molecular complexity index is 1200. The van der Waals surface area contributed by atoms with Crippen molar-refractivity contribution in [3.63, 3.8) is 0 Å². The number of nitrogens with zero attached hydrogens (tertiary/aromatic N) is 1. The fraction of sp³-hybridized carbons (Fsp3) is 0.0833. The smallest absolute Gasteiger partial charge is 0.363 e. The highest BCUT2D eigenvalue weighted by atomic mass is 127. The van der Waals surface area contributed by atoms with Crippen molar-refractivity contribution in [2.45, 2.75) is 13.5 Å². The predicted molar refractivity (Wildman–Crippen MR) is 137 cm³/mol. The summed E-state index contributed by atoms with van der Waals surface area (Å²) in [6, 6.07) is 19.5. The molecule has 0 saturated carbocycles. The lowest BCUT2D eigenvalue weighted by Gasteiger charge is -2.12. The second-order valence-corrected chi connectivity index (χ2v) is 9.77. The summed E-state index contributed by atoms with van der Waals surface area (Å²) in [6.45, 7) is 2.45. The summed E-state index contributed by atoms with van der Waals surface area (Å²) in [5, 5.41) is 0. The van der Waals surface area contributed by atoms with Crippen LogP contribution in [0.5, 0.6) is 5.75 Å². The van der Waals surface area contributed by atoms with Crippen LogP contribution in [0.15, 0.2) is 80.3 Å². The summed E-state index contributed by atoms with van der Waals surface area (Å²) in [5.41, 5.74) is 4.05. The summed E-state index contributed by atoms with van der Waals surface area (Å²) in [7, 11) is 0. The summed E-state index contributed by atoms with van der Waals surface area (Å²) in [5.74, 6) is 0.535. The molecule has 156 valence electrons. The summed E-state index contributed by atoms with van der Waals surface area (Å²) < 4.78 is 14.1. The van der Waals surface area contributed by atoms with Crippen LogP contribution in [0.4, 0.5) is 0 Å². The molecule has 3 aromatic carbocycles. The average molecular weight is 653 g/mol. The van der Waals surface area contributed by atoms with Gasteiger partial charge in [-0.15, -0.1) is 0 Å². The first kappa shape index (κ1) is 22.2. The standard InChI is InChI=1S/C24H16Br2INO3/c1-14-6-8-16(9-7-14)23-28-21(24(29)31-23)12-15-10-18(25)22(19(26)11-15)30-13-17-4-2-3-5-20(17)27/h2-12H,13H2,1H3/b21-12-. The molecular weight excluding hydrogens is 637 g/mol. The van der Waals surface area contributed by atoms with Crippen molar-refractivity contribution < 1.29 is 14.3 Å². The topological polar surface area (TPSA) is 47.9 Å². The van der Waals surface area contributed by atoms with E-state index in [2.05, 4.69) is 59.4 Å². The number of rotatable bonds is 5. The Kier molecular flexibility index (Phi) is 6.93. The van der Waals surface area contributed by atoms with Gasteiger partial charge in [-0.1, -0.05) is 35.9 Å². The van der Waals surface area contributed by atoms with Crippen LogP contribution in [0.3, 0.4) is 0 Å². The van der Waals surface area contributed by atoms with Gasteiger partial charge in [0.25, 0.3) is 0 Å². The number of cyclic esters (lactones) is 1. The highest BCUT2D eigenvalue weighted by molar-refractivity contribution is 14.1. The molecular formula is C24H16Br2INO3. The molecule has 31 heavy (non-hydrogen) atoms. The van der Waals surface area contributed by atoms with Gasteiger partial charge in [0.05, 0.1) is 8.95 Å². The van der Waals surface area contributed by atoms with Crippen molar-refractivity contribution in [1.29, 1.82) is 0 Å². The van der Waals surface area contributed by atoms with Crippen molar-refractivity contribution in [3.8, 4) is 5.75 Å². The van der Waals surface area contributed by atoms with E-state index in [0.717, 1.165) is 34.8 Å². The Balaban J connectivity index is 1.56. The number of esters is 1. The fourth-order valence-electron chi connectivity index (χ4n) is 2.95. The largest absolute Gasteiger partial charge is 0.486 e. The molecule has 0 atom stereocenters. The molecule has 0 unspecified atom stereocenters. The summed E-state index contributed by atoms with van der Waals surface area (Å²) >= 11 is 9.44. The Labute approximate surface area is 210 Å². The van der Waals surface area contributed by atoms with Crippen LogP contribution in [0.25, 0.3) is 6.08 Å². The van der Waals surface area contributed by atoms with Crippen LogP contribution < -0.4 is 4.74 Å². The van der Waals surface area contributed by atoms with E-state index in [0.29, 0.717) is 18.3 Å². The average Bonchev–Trinajstić information content (AvgIpc) is 3.09. The van der Waals surface area contributed by atoms with Crippen LogP contribution in [0.2, 0.25) is 0 Å². The Morgan fingerprint density at radius 1 is 1.06 bits per heavy atom. The minimum Gasteiger partial charge on any atom is -0.486 e. The van der Waals surface area contributed by atoms with E-state index in [9.17, 15) is 4.79 Å². The first-order valence-electron chi connectivity index (χ1n) is 9.35. The predicted octanol–water partition coefficient (Wildman–Crippen LogP) is 7.05. The van der Waals surface area contributed by atoms with Crippen LogP contribution in [-0.4, -0.2) is 11.9 Å². The number of hydrogen-bond donors (Lipinski definition) is 0. The Morgan fingerprint density at radius 3 is 2.42 bits per heavy atom. The third kappa shape index (κ3) is 5.27. The van der Waals surface area contributed by atoms with Crippen molar-refractivity contribution in [3.05, 3.63) is 101 Å². The minimum absolute atomic E-state index is 0.252. The third-order valence-corrected chi connectivity index (χ3v) is 6.80. The lowest BCUT2D eigenvalue weighted by molar-refractivity contribution is -0.129. The molecule has 3 aromatic rings. The lowest BCUT2D eigenvalue weighted by atomic mass is 10.1. The normalized spacial score (nSPS) is 14.5. The number of halogens is 3. The van der Waals surface area contributed by atoms with Gasteiger partial charge < -0.3 is 9.47 Å². The molecule has 0 aliphatic carbocycles. The van der Waals surface area contributed by atoms with Gasteiger partial charge in [0.1, 0.15) is 12.4 Å². The maximum atomic E-state index is 12.3. The highest BCUT2D eigenvalue weighted by Gasteiger charge is 2.24. The molecule has 7 heteroatoms. The van der Waals surface area contributed by atoms with Gasteiger partial charge in [0.15, 0.2) is 5.70 Å². The van der Waals surface area contributed by atoms with Crippen molar-refractivity contribution in [1.82, 2.24) is 0 Å². The van der Waals surface area contributed by atoms with Crippen molar-refractivity contribution >= 4 is 72.4 Å². The summed E-state index contributed by atoms with van der Waals surface area (Å²) in [6.07, 6.45) is 1.70. The minimum atomic E-state index is -0.471. The molecule has 4 rings (SSSR count). The van der Waals surface area contributed by atoms with Gasteiger partial charge in [-0.3, -0.25) is 0 Å². The SMILES string of the molecule is Cc1ccc(C2=N/C(=C\c3cc(Br)c(OCc4ccccc4I)c(Br)c3)C(=O)O2)cc1. The van der Waals surface area contributed by atoms with Crippen molar-refractivity contribution in [2.75, 3.05) is 0 Å². The van der Waals surface area contributed by atoms with Crippen LogP contribution >= 0.6 is 54.5 Å². The maximum Gasteiger partial charge on any atom is 0.363 e. The van der Waals surface area contributed by atoms with Crippen LogP contribution in [-0.2, 0) is 16.1 Å². The molecule has 1 heterocycles. The number of carbonyl (C=O) groups is 1. The molecule has 0 aromatic heterocycles. The number of aliphatic imine (C=N–C) groups is 1. The van der Waals surface area contributed by atoms with Crippen LogP contribution in [0, 0.1) is 10.5 Å². The zero-order chi connectivity index (χ0) is 22.0. The molecule has 0 N–H and O–H groups in total. The first-order chi connectivity index (χ1) is 14.9. The Morgan fingerprint density at radius 2 is 1.74 bits per heavy atom. The van der Waals surface area contributed by atoms with Crippen LogP contribution in [0.1, 0.15) is 22.3 Å². The second-order valence-electron chi connectivity index (χ2n) is 6.90.